The van der Waals surface area contributed by atoms with E-state index < -0.39 is 0 Å². The first-order valence-electron chi connectivity index (χ1n) is 7.84. The Morgan fingerprint density at radius 1 is 1.10 bits per heavy atom. The molecule has 2 heterocycles. The molecule has 0 aliphatic carbocycles. The van der Waals surface area contributed by atoms with Gasteiger partial charge in [-0.1, -0.05) is 24.3 Å². The van der Waals surface area contributed by atoms with Crippen molar-refractivity contribution in [1.29, 1.82) is 0 Å². The summed E-state index contributed by atoms with van der Waals surface area (Å²) in [4.78, 5) is 9.61. The molecule has 0 amide bonds. The third kappa shape index (κ3) is 3.34. The fourth-order valence-corrected chi connectivity index (χ4v) is 3.02. The highest BCUT2D eigenvalue weighted by Gasteiger charge is 2.18. The number of nitrogens with zero attached hydrogens (tertiary/aromatic N) is 3. The Morgan fingerprint density at radius 3 is 2.71 bits per heavy atom. The summed E-state index contributed by atoms with van der Waals surface area (Å²) in [7, 11) is 2.02. The Morgan fingerprint density at radius 2 is 1.90 bits per heavy atom. The predicted molar refractivity (Wildman–Crippen MR) is 88.9 cm³/mol. The summed E-state index contributed by atoms with van der Waals surface area (Å²) in [5, 5.41) is 5.76. The van der Waals surface area contributed by atoms with Gasteiger partial charge in [-0.3, -0.25) is 4.90 Å². The largest absolute Gasteiger partial charge is 0.354 e. The molecule has 1 N–H and O–H groups in total. The van der Waals surface area contributed by atoms with Crippen LogP contribution >= 0.6 is 0 Å². The highest BCUT2D eigenvalue weighted by Crippen LogP contribution is 2.24. The van der Waals surface area contributed by atoms with E-state index in [0.717, 1.165) is 38.5 Å². The van der Waals surface area contributed by atoms with Gasteiger partial charge < -0.3 is 10.2 Å². The maximum Gasteiger partial charge on any atom is 0.136 e. The molecule has 3 rings (SSSR count). The summed E-state index contributed by atoms with van der Waals surface area (Å²) in [5.41, 5.74) is 0. The Balaban J connectivity index is 1.66. The van der Waals surface area contributed by atoms with E-state index in [2.05, 4.69) is 50.4 Å². The minimum absolute atomic E-state index is 1.07. The fraction of sp³-hybridized carbons (Fsp3) is 0.471. The summed E-state index contributed by atoms with van der Waals surface area (Å²) in [5.74, 6) is 1.14. The van der Waals surface area contributed by atoms with Crippen molar-refractivity contribution in [3.63, 3.8) is 0 Å². The highest BCUT2D eigenvalue weighted by molar-refractivity contribution is 5.92. The van der Waals surface area contributed by atoms with Crippen LogP contribution in [0.2, 0.25) is 0 Å². The van der Waals surface area contributed by atoms with Crippen LogP contribution in [0.4, 0.5) is 5.82 Å². The first-order valence-corrected chi connectivity index (χ1v) is 7.84. The standard InChI is InChI=1S/C17H24N4/c1-18-8-4-10-20-11-13-21(14-12-20)17-16-6-3-2-5-15(16)7-9-19-17/h2-3,5-7,9,18H,4,8,10-14H2,1H3. The Labute approximate surface area is 126 Å². The fourth-order valence-electron chi connectivity index (χ4n) is 3.02. The van der Waals surface area contributed by atoms with Crippen LogP contribution in [-0.4, -0.2) is 56.2 Å². The maximum atomic E-state index is 4.63. The topological polar surface area (TPSA) is 31.4 Å². The van der Waals surface area contributed by atoms with E-state index in [4.69, 9.17) is 0 Å². The van der Waals surface area contributed by atoms with Gasteiger partial charge in [0.1, 0.15) is 5.82 Å². The van der Waals surface area contributed by atoms with E-state index in [1.807, 2.05) is 13.2 Å². The number of hydrogen-bond donors (Lipinski definition) is 1. The monoisotopic (exact) mass is 284 g/mol. The van der Waals surface area contributed by atoms with Gasteiger partial charge in [0.15, 0.2) is 0 Å². The molecule has 0 unspecified atom stereocenters. The molecule has 0 bridgehead atoms. The van der Waals surface area contributed by atoms with Gasteiger partial charge in [-0.25, -0.2) is 4.98 Å². The van der Waals surface area contributed by atoms with Gasteiger partial charge in [-0.2, -0.15) is 0 Å². The van der Waals surface area contributed by atoms with Crippen molar-refractivity contribution in [2.24, 2.45) is 0 Å². The molecule has 0 radical (unpaired) electrons. The number of pyridine rings is 1. The van der Waals surface area contributed by atoms with E-state index >= 15 is 0 Å². The number of aromatic nitrogens is 1. The Kier molecular flexibility index (Phi) is 4.68. The van der Waals surface area contributed by atoms with Crippen LogP contribution in [0, 0.1) is 0 Å². The third-order valence-corrected chi connectivity index (χ3v) is 4.23. The number of fused-ring (bicyclic) bond motifs is 1. The van der Waals surface area contributed by atoms with Gasteiger partial charge in [0.25, 0.3) is 0 Å². The van der Waals surface area contributed by atoms with Gasteiger partial charge in [0.05, 0.1) is 0 Å². The average Bonchev–Trinajstić information content (AvgIpc) is 2.55. The smallest absolute Gasteiger partial charge is 0.136 e. The lowest BCUT2D eigenvalue weighted by Crippen LogP contribution is -2.47. The number of nitrogens with one attached hydrogen (secondary N) is 1. The molecule has 1 aliphatic rings. The van der Waals surface area contributed by atoms with Crippen molar-refractivity contribution in [3.8, 4) is 0 Å². The molecule has 1 aliphatic heterocycles. The zero-order valence-corrected chi connectivity index (χ0v) is 12.8. The second kappa shape index (κ2) is 6.87. The van der Waals surface area contributed by atoms with Crippen molar-refractivity contribution in [3.05, 3.63) is 36.5 Å². The number of hydrogen-bond acceptors (Lipinski definition) is 4. The summed E-state index contributed by atoms with van der Waals surface area (Å²) >= 11 is 0. The molecule has 0 saturated carbocycles. The molecule has 0 atom stereocenters. The van der Waals surface area contributed by atoms with Gasteiger partial charge in [0, 0.05) is 37.8 Å². The number of rotatable bonds is 5. The normalized spacial score (nSPS) is 16.5. The molecular weight excluding hydrogens is 260 g/mol. The van der Waals surface area contributed by atoms with Crippen LogP contribution in [-0.2, 0) is 0 Å². The van der Waals surface area contributed by atoms with Gasteiger partial charge in [-0.05, 0) is 38.0 Å². The molecule has 2 aromatic rings. The SMILES string of the molecule is CNCCCN1CCN(c2nccc3ccccc23)CC1. The van der Waals surface area contributed by atoms with E-state index in [0.29, 0.717) is 0 Å². The summed E-state index contributed by atoms with van der Waals surface area (Å²) < 4.78 is 0. The van der Waals surface area contributed by atoms with Crippen LogP contribution in [0.5, 0.6) is 0 Å². The van der Waals surface area contributed by atoms with E-state index in [9.17, 15) is 0 Å². The van der Waals surface area contributed by atoms with E-state index in [1.165, 1.54) is 23.7 Å². The zero-order valence-electron chi connectivity index (χ0n) is 12.8. The van der Waals surface area contributed by atoms with Gasteiger partial charge in [-0.15, -0.1) is 0 Å². The van der Waals surface area contributed by atoms with Crippen LogP contribution in [0.15, 0.2) is 36.5 Å². The lowest BCUT2D eigenvalue weighted by Gasteiger charge is -2.35. The Bertz CT molecular complexity index is 571. The van der Waals surface area contributed by atoms with Gasteiger partial charge >= 0.3 is 0 Å². The number of piperazine rings is 1. The van der Waals surface area contributed by atoms with Crippen molar-refractivity contribution in [1.82, 2.24) is 15.2 Å². The lowest BCUT2D eigenvalue weighted by atomic mass is 10.1. The number of anilines is 1. The lowest BCUT2D eigenvalue weighted by molar-refractivity contribution is 0.254. The summed E-state index contributed by atoms with van der Waals surface area (Å²) in [6.07, 6.45) is 3.15. The quantitative estimate of drug-likeness (QED) is 0.851. The average molecular weight is 284 g/mol. The highest BCUT2D eigenvalue weighted by atomic mass is 15.3. The summed E-state index contributed by atoms with van der Waals surface area (Å²) in [6, 6.07) is 10.6. The molecule has 1 aromatic carbocycles. The first kappa shape index (κ1) is 14.3. The van der Waals surface area contributed by atoms with E-state index in [1.54, 1.807) is 0 Å². The number of benzene rings is 1. The molecule has 112 valence electrons. The zero-order chi connectivity index (χ0) is 14.5. The van der Waals surface area contributed by atoms with Crippen LogP contribution < -0.4 is 10.2 Å². The minimum atomic E-state index is 1.07. The van der Waals surface area contributed by atoms with Crippen molar-refractivity contribution in [2.45, 2.75) is 6.42 Å². The molecule has 1 aromatic heterocycles. The minimum Gasteiger partial charge on any atom is -0.354 e. The first-order chi connectivity index (χ1) is 10.4. The Hall–Kier alpha value is -1.65. The van der Waals surface area contributed by atoms with Crippen LogP contribution in [0.25, 0.3) is 10.8 Å². The predicted octanol–water partition coefficient (Wildman–Crippen LogP) is 1.97. The molecule has 0 spiro atoms. The molecule has 4 heteroatoms. The third-order valence-electron chi connectivity index (χ3n) is 4.23. The second-order valence-electron chi connectivity index (χ2n) is 5.64. The van der Waals surface area contributed by atoms with Crippen molar-refractivity contribution >= 4 is 16.6 Å². The second-order valence-corrected chi connectivity index (χ2v) is 5.64. The van der Waals surface area contributed by atoms with Crippen molar-refractivity contribution in [2.75, 3.05) is 51.2 Å². The van der Waals surface area contributed by atoms with Crippen LogP contribution in [0.1, 0.15) is 6.42 Å². The molecular formula is C17H24N4. The maximum absolute atomic E-state index is 4.63. The molecule has 4 nitrogen and oxygen atoms in total. The van der Waals surface area contributed by atoms with Crippen molar-refractivity contribution < 1.29 is 0 Å². The van der Waals surface area contributed by atoms with Gasteiger partial charge in [0.2, 0.25) is 0 Å². The summed E-state index contributed by atoms with van der Waals surface area (Å²) in [6.45, 7) is 6.70. The molecule has 1 saturated heterocycles. The van der Waals surface area contributed by atoms with E-state index in [-0.39, 0.29) is 0 Å². The van der Waals surface area contributed by atoms with Crippen LogP contribution in [0.3, 0.4) is 0 Å². The molecule has 1 fully saturated rings. The molecule has 21 heavy (non-hydrogen) atoms.